The number of unbranched alkanes of at least 4 members (excludes halogenated alkanes) is 47. The third kappa shape index (κ3) is 81.5. The Hall–Kier alpha value is -3.33. The van der Waals surface area contributed by atoms with E-state index in [0.29, 0.717) is 6.42 Å². The number of phosphoric acid groups is 1. The van der Waals surface area contributed by atoms with Gasteiger partial charge in [0.25, 0.3) is 0 Å². The van der Waals surface area contributed by atoms with E-state index in [1.165, 1.54) is 276 Å². The van der Waals surface area contributed by atoms with Crippen molar-refractivity contribution >= 4 is 19.8 Å². The van der Waals surface area contributed by atoms with E-state index in [9.17, 15) is 19.0 Å². The van der Waals surface area contributed by atoms with Gasteiger partial charge in [-0.25, -0.2) is 4.57 Å². The zero-order valence-corrected chi connectivity index (χ0v) is 64.4. The predicted molar refractivity (Wildman–Crippen MR) is 422 cm³/mol. The fraction of sp³-hybridized carbons (Fsp3) is 0.770. The molecule has 2 unspecified atom stereocenters. The summed E-state index contributed by atoms with van der Waals surface area (Å²) in [6.07, 6.45) is 114. The fourth-order valence-corrected chi connectivity index (χ4v) is 12.9. The van der Waals surface area contributed by atoms with Crippen molar-refractivity contribution in [1.29, 1.82) is 0 Å². The molecule has 2 atom stereocenters. The van der Waals surface area contributed by atoms with Gasteiger partial charge in [0.15, 0.2) is 6.10 Å². The topological polar surface area (TPSA) is 134 Å². The lowest BCUT2D eigenvalue weighted by Gasteiger charge is -2.19. The van der Waals surface area contributed by atoms with Crippen LogP contribution in [0.1, 0.15) is 399 Å². The Labute approximate surface area is 600 Å². The average Bonchev–Trinajstić information content (AvgIpc) is 2.17. The van der Waals surface area contributed by atoms with Gasteiger partial charge in [-0.15, -0.1) is 0 Å². The third-order valence-electron chi connectivity index (χ3n) is 18.2. The second kappa shape index (κ2) is 81.6. The van der Waals surface area contributed by atoms with Crippen molar-refractivity contribution in [2.75, 3.05) is 26.4 Å². The number of rotatable bonds is 78. The molecule has 0 heterocycles. The van der Waals surface area contributed by atoms with Gasteiger partial charge in [-0.2, -0.15) is 0 Å². The minimum atomic E-state index is -4.40. The predicted octanol–water partition coefficient (Wildman–Crippen LogP) is 28.0. The van der Waals surface area contributed by atoms with Crippen LogP contribution in [0.3, 0.4) is 0 Å². The second-order valence-electron chi connectivity index (χ2n) is 27.6. The Morgan fingerprint density at radius 3 is 0.794 bits per heavy atom. The highest BCUT2D eigenvalue weighted by Gasteiger charge is 2.26. The lowest BCUT2D eigenvalue weighted by Crippen LogP contribution is -2.29. The van der Waals surface area contributed by atoms with E-state index in [0.717, 1.165) is 89.9 Å². The van der Waals surface area contributed by atoms with Crippen LogP contribution in [0.2, 0.25) is 0 Å². The molecule has 562 valence electrons. The molecule has 0 saturated carbocycles. The van der Waals surface area contributed by atoms with Crippen LogP contribution in [-0.4, -0.2) is 49.3 Å². The number of allylic oxidation sites excluding steroid dienone is 18. The highest BCUT2D eigenvalue weighted by molar-refractivity contribution is 7.47. The summed E-state index contributed by atoms with van der Waals surface area (Å²) in [7, 11) is -4.40. The van der Waals surface area contributed by atoms with Crippen molar-refractivity contribution in [3.05, 3.63) is 109 Å². The zero-order chi connectivity index (χ0) is 70.0. The van der Waals surface area contributed by atoms with Gasteiger partial charge in [0, 0.05) is 19.4 Å². The third-order valence-corrected chi connectivity index (χ3v) is 19.1. The quantitative estimate of drug-likeness (QED) is 0.0264. The molecule has 10 heteroatoms. The normalized spacial score (nSPS) is 13.4. The molecule has 3 N–H and O–H groups in total. The number of carbonyl (C=O) groups excluding carboxylic acids is 2. The van der Waals surface area contributed by atoms with Crippen molar-refractivity contribution in [2.45, 2.75) is 405 Å². The van der Waals surface area contributed by atoms with Crippen LogP contribution >= 0.6 is 7.82 Å². The molecule has 0 aromatic rings. The van der Waals surface area contributed by atoms with E-state index < -0.39 is 26.5 Å². The molecule has 97 heavy (non-hydrogen) atoms. The van der Waals surface area contributed by atoms with Crippen LogP contribution in [0.25, 0.3) is 0 Å². The van der Waals surface area contributed by atoms with Crippen molar-refractivity contribution in [1.82, 2.24) is 0 Å². The lowest BCUT2D eigenvalue weighted by molar-refractivity contribution is -0.161. The number of carbonyl (C=O) groups is 2. The number of hydrogen-bond donors (Lipinski definition) is 2. The first kappa shape index (κ1) is 93.7. The molecule has 0 rings (SSSR count). The summed E-state index contributed by atoms with van der Waals surface area (Å²) in [5.74, 6) is -0.807. The Bertz CT molecular complexity index is 1970. The molecule has 0 amide bonds. The maximum atomic E-state index is 12.8. The summed E-state index contributed by atoms with van der Waals surface area (Å²) in [5, 5.41) is 0. The molecule has 0 aliphatic carbocycles. The summed E-state index contributed by atoms with van der Waals surface area (Å²) in [6, 6.07) is 0. The van der Waals surface area contributed by atoms with E-state index in [-0.39, 0.29) is 38.6 Å². The van der Waals surface area contributed by atoms with Gasteiger partial charge in [-0.05, 0) is 96.3 Å². The molecule has 0 aliphatic heterocycles. The Morgan fingerprint density at radius 2 is 0.536 bits per heavy atom. The molecule has 0 aliphatic rings. The smallest absolute Gasteiger partial charge is 0.462 e. The monoisotopic (exact) mass is 1370 g/mol. The molecule has 0 fully saturated rings. The fourth-order valence-electron chi connectivity index (χ4n) is 12.1. The molecule has 0 aromatic heterocycles. The van der Waals surface area contributed by atoms with Crippen molar-refractivity contribution in [3.63, 3.8) is 0 Å². The summed E-state index contributed by atoms with van der Waals surface area (Å²) in [5.41, 5.74) is 5.42. The number of ether oxygens (including phenoxy) is 2. The van der Waals surface area contributed by atoms with Crippen LogP contribution < -0.4 is 5.73 Å². The molecule has 0 bridgehead atoms. The Morgan fingerprint density at radius 1 is 0.309 bits per heavy atom. The molecule has 9 nitrogen and oxygen atoms in total. The van der Waals surface area contributed by atoms with Gasteiger partial charge in [0.05, 0.1) is 13.2 Å². The molecule has 0 saturated heterocycles. The lowest BCUT2D eigenvalue weighted by atomic mass is 10.0. The molecule has 0 spiro atoms. The molecular weight excluding hydrogens is 1220 g/mol. The van der Waals surface area contributed by atoms with Crippen LogP contribution in [0.4, 0.5) is 0 Å². The Kier molecular flexibility index (Phi) is 78.8. The maximum Gasteiger partial charge on any atom is 0.472 e. The second-order valence-corrected chi connectivity index (χ2v) is 29.0. The highest BCUT2D eigenvalue weighted by Crippen LogP contribution is 2.43. The van der Waals surface area contributed by atoms with Crippen LogP contribution in [0, 0.1) is 0 Å². The van der Waals surface area contributed by atoms with Gasteiger partial charge in [-0.3, -0.25) is 18.6 Å². The van der Waals surface area contributed by atoms with E-state index in [1.807, 2.05) is 0 Å². The first-order valence-corrected chi connectivity index (χ1v) is 42.9. The summed E-state index contributed by atoms with van der Waals surface area (Å²) < 4.78 is 33.3. The van der Waals surface area contributed by atoms with Crippen LogP contribution in [0.15, 0.2) is 109 Å². The standard InChI is InChI=1S/C87H156NO8P/c1-3-5-7-9-11-13-15-17-19-21-23-25-27-29-31-33-35-37-39-41-42-44-45-47-49-51-53-55-57-59-61-63-65-67-69-71-73-75-77-79-86(89)93-83-85(84-95-97(91,92)94-82-81-88)96-87(90)80-78-76-74-72-70-68-66-64-62-60-58-56-54-52-50-48-46-43-40-38-36-34-32-30-28-26-24-22-20-18-16-14-12-10-8-6-4-2/h5-8,11-14,17-20,23-26,30,32,85H,3-4,9-10,15-16,21-22,27-29,31,33-84,88H2,1-2H3,(H,91,92)/b7-5-,8-6-,13-11-,14-12-,19-17-,20-18-,25-23-,26-24-,32-30-. The highest BCUT2D eigenvalue weighted by atomic mass is 31.2. The van der Waals surface area contributed by atoms with Crippen molar-refractivity contribution in [2.24, 2.45) is 5.73 Å². The summed E-state index contributed by atoms with van der Waals surface area (Å²) in [4.78, 5) is 35.5. The Balaban J connectivity index is 3.75. The first-order valence-electron chi connectivity index (χ1n) is 41.4. The van der Waals surface area contributed by atoms with Gasteiger partial charge in [0.2, 0.25) is 0 Å². The first-order chi connectivity index (χ1) is 47.8. The number of hydrogen-bond acceptors (Lipinski definition) is 8. The summed E-state index contributed by atoms with van der Waals surface area (Å²) in [6.45, 7) is 3.58. The van der Waals surface area contributed by atoms with Gasteiger partial charge >= 0.3 is 19.8 Å². The van der Waals surface area contributed by atoms with E-state index >= 15 is 0 Å². The van der Waals surface area contributed by atoms with E-state index in [1.54, 1.807) is 0 Å². The minimum absolute atomic E-state index is 0.0536. The van der Waals surface area contributed by atoms with E-state index in [4.69, 9.17) is 24.3 Å². The van der Waals surface area contributed by atoms with Crippen LogP contribution in [-0.2, 0) is 32.7 Å². The maximum absolute atomic E-state index is 12.8. The van der Waals surface area contributed by atoms with Crippen molar-refractivity contribution in [3.8, 4) is 0 Å². The van der Waals surface area contributed by atoms with Gasteiger partial charge in [-0.1, -0.05) is 399 Å². The SMILES string of the molecule is CC/C=C\C/C=C\C/C=C\C/C=C\C/C=C\CCCCCCCCCCCCCCCCCCCCCCCC(=O)OC(COC(=O)CCCCCCCCCCCCCCCCCCCCCCCCCCCC/C=C\C/C=C\C/C=C\C/C=C\CC)COP(=O)(O)OCCN. The number of esters is 2. The van der Waals surface area contributed by atoms with Gasteiger partial charge in [0.1, 0.15) is 6.61 Å². The minimum Gasteiger partial charge on any atom is -0.462 e. The van der Waals surface area contributed by atoms with Crippen LogP contribution in [0.5, 0.6) is 0 Å². The summed E-state index contributed by atoms with van der Waals surface area (Å²) >= 11 is 0. The average molecular weight is 1380 g/mol. The van der Waals surface area contributed by atoms with E-state index in [2.05, 4.69) is 123 Å². The number of nitrogens with two attached hydrogens (primary N) is 1. The zero-order valence-electron chi connectivity index (χ0n) is 63.6. The molecule has 0 radical (unpaired) electrons. The number of phosphoric ester groups is 1. The van der Waals surface area contributed by atoms with Gasteiger partial charge < -0.3 is 20.1 Å². The van der Waals surface area contributed by atoms with Crippen molar-refractivity contribution < 1.29 is 37.6 Å². The molecule has 0 aromatic carbocycles. The largest absolute Gasteiger partial charge is 0.472 e. The molecular formula is C87H156NO8P.